The maximum atomic E-state index is 11.7. The van der Waals surface area contributed by atoms with Gasteiger partial charge in [-0.3, -0.25) is 4.79 Å². The van der Waals surface area contributed by atoms with Crippen molar-refractivity contribution in [3.05, 3.63) is 76.2 Å². The molecule has 0 amide bonds. The Bertz CT molecular complexity index is 788. The molecule has 0 aliphatic heterocycles. The second-order valence-corrected chi connectivity index (χ2v) is 4.23. The molecule has 19 heavy (non-hydrogen) atoms. The van der Waals surface area contributed by atoms with Gasteiger partial charge in [-0.1, -0.05) is 54.6 Å². The molecule has 0 aliphatic rings. The minimum atomic E-state index is -0.160. The first-order valence-electron chi connectivity index (χ1n) is 6.05. The SMILES string of the molecule is O=c1[nH]nc(C=Cc2ccccc2)c2ccccc12. The van der Waals surface area contributed by atoms with Crippen LogP contribution in [0.15, 0.2) is 59.4 Å². The Labute approximate surface area is 110 Å². The van der Waals surface area contributed by atoms with Crippen LogP contribution in [-0.4, -0.2) is 10.2 Å². The van der Waals surface area contributed by atoms with E-state index in [0.29, 0.717) is 5.39 Å². The zero-order valence-electron chi connectivity index (χ0n) is 10.2. The molecule has 0 unspecified atom stereocenters. The Morgan fingerprint density at radius 3 is 2.32 bits per heavy atom. The van der Waals surface area contributed by atoms with E-state index in [2.05, 4.69) is 10.2 Å². The Kier molecular flexibility index (Phi) is 2.94. The third-order valence-electron chi connectivity index (χ3n) is 2.96. The largest absolute Gasteiger partial charge is 0.272 e. The lowest BCUT2D eigenvalue weighted by Gasteiger charge is -1.99. The van der Waals surface area contributed by atoms with Crippen LogP contribution in [-0.2, 0) is 0 Å². The molecule has 3 aromatic rings. The summed E-state index contributed by atoms with van der Waals surface area (Å²) in [6.07, 6.45) is 3.89. The third kappa shape index (κ3) is 2.31. The Morgan fingerprint density at radius 2 is 1.53 bits per heavy atom. The summed E-state index contributed by atoms with van der Waals surface area (Å²) in [5, 5.41) is 8.14. The average molecular weight is 248 g/mol. The number of aromatic nitrogens is 2. The van der Waals surface area contributed by atoms with Crippen molar-refractivity contribution in [3.8, 4) is 0 Å². The van der Waals surface area contributed by atoms with Gasteiger partial charge in [0, 0.05) is 5.39 Å². The molecule has 0 atom stereocenters. The van der Waals surface area contributed by atoms with Gasteiger partial charge in [0.2, 0.25) is 0 Å². The molecule has 0 bridgehead atoms. The summed E-state index contributed by atoms with van der Waals surface area (Å²) in [6.45, 7) is 0. The van der Waals surface area contributed by atoms with E-state index in [1.807, 2.05) is 60.7 Å². The zero-order valence-corrected chi connectivity index (χ0v) is 10.2. The van der Waals surface area contributed by atoms with Gasteiger partial charge in [0.1, 0.15) is 0 Å². The smallest absolute Gasteiger partial charge is 0.267 e. The van der Waals surface area contributed by atoms with Crippen LogP contribution in [0.4, 0.5) is 0 Å². The van der Waals surface area contributed by atoms with Crippen molar-refractivity contribution >= 4 is 22.9 Å². The number of aromatic amines is 1. The number of rotatable bonds is 2. The van der Waals surface area contributed by atoms with Crippen LogP contribution in [0.5, 0.6) is 0 Å². The molecule has 0 radical (unpaired) electrons. The van der Waals surface area contributed by atoms with E-state index in [4.69, 9.17) is 0 Å². The fourth-order valence-corrected chi connectivity index (χ4v) is 2.00. The normalized spacial score (nSPS) is 11.2. The molecule has 1 aromatic heterocycles. The highest BCUT2D eigenvalue weighted by atomic mass is 16.1. The van der Waals surface area contributed by atoms with Gasteiger partial charge in [0.15, 0.2) is 0 Å². The maximum absolute atomic E-state index is 11.7. The number of fused-ring (bicyclic) bond motifs is 1. The van der Waals surface area contributed by atoms with E-state index in [1.54, 1.807) is 6.07 Å². The maximum Gasteiger partial charge on any atom is 0.272 e. The first-order valence-corrected chi connectivity index (χ1v) is 6.05. The first kappa shape index (κ1) is 11.4. The monoisotopic (exact) mass is 248 g/mol. The van der Waals surface area contributed by atoms with Gasteiger partial charge in [-0.15, -0.1) is 0 Å². The summed E-state index contributed by atoms with van der Waals surface area (Å²) in [7, 11) is 0. The summed E-state index contributed by atoms with van der Waals surface area (Å²) in [6, 6.07) is 17.4. The van der Waals surface area contributed by atoms with E-state index in [0.717, 1.165) is 16.6 Å². The van der Waals surface area contributed by atoms with Crippen molar-refractivity contribution in [1.29, 1.82) is 0 Å². The third-order valence-corrected chi connectivity index (χ3v) is 2.96. The van der Waals surface area contributed by atoms with Crippen LogP contribution in [0.2, 0.25) is 0 Å². The van der Waals surface area contributed by atoms with Crippen molar-refractivity contribution in [2.24, 2.45) is 0 Å². The highest BCUT2D eigenvalue weighted by molar-refractivity contribution is 5.90. The predicted octanol–water partition coefficient (Wildman–Crippen LogP) is 3.09. The van der Waals surface area contributed by atoms with Crippen LogP contribution in [0.3, 0.4) is 0 Å². The summed E-state index contributed by atoms with van der Waals surface area (Å²) < 4.78 is 0. The topological polar surface area (TPSA) is 45.8 Å². The molecule has 1 heterocycles. The molecule has 0 saturated carbocycles. The van der Waals surface area contributed by atoms with Crippen LogP contribution >= 0.6 is 0 Å². The van der Waals surface area contributed by atoms with Crippen molar-refractivity contribution in [3.63, 3.8) is 0 Å². The standard InChI is InChI=1S/C16H12N2O/c19-16-14-9-5-4-8-13(14)15(17-18-16)11-10-12-6-2-1-3-7-12/h1-11H,(H,18,19). The predicted molar refractivity (Wildman–Crippen MR) is 77.7 cm³/mol. The van der Waals surface area contributed by atoms with Gasteiger partial charge in [0.25, 0.3) is 5.56 Å². The van der Waals surface area contributed by atoms with E-state index in [-0.39, 0.29) is 5.56 Å². The highest BCUT2D eigenvalue weighted by Crippen LogP contribution is 2.15. The number of benzene rings is 2. The first-order chi connectivity index (χ1) is 9.34. The Morgan fingerprint density at radius 1 is 0.842 bits per heavy atom. The lowest BCUT2D eigenvalue weighted by Crippen LogP contribution is -2.09. The van der Waals surface area contributed by atoms with Crippen molar-refractivity contribution in [2.75, 3.05) is 0 Å². The minimum Gasteiger partial charge on any atom is -0.267 e. The zero-order chi connectivity index (χ0) is 13.1. The molecule has 2 aromatic carbocycles. The van der Waals surface area contributed by atoms with E-state index in [1.165, 1.54) is 0 Å². The van der Waals surface area contributed by atoms with Gasteiger partial charge in [-0.25, -0.2) is 5.10 Å². The Balaban J connectivity index is 2.09. The van der Waals surface area contributed by atoms with Crippen molar-refractivity contribution < 1.29 is 0 Å². The van der Waals surface area contributed by atoms with Gasteiger partial charge in [-0.2, -0.15) is 5.10 Å². The Hall–Kier alpha value is -2.68. The minimum absolute atomic E-state index is 0.160. The number of hydrogen-bond acceptors (Lipinski definition) is 2. The molecule has 0 fully saturated rings. The number of nitrogens with one attached hydrogen (secondary N) is 1. The second-order valence-electron chi connectivity index (χ2n) is 4.23. The average Bonchev–Trinajstić information content (AvgIpc) is 2.48. The fraction of sp³-hybridized carbons (Fsp3) is 0. The van der Waals surface area contributed by atoms with Crippen molar-refractivity contribution in [1.82, 2.24) is 10.2 Å². The van der Waals surface area contributed by atoms with E-state index >= 15 is 0 Å². The second kappa shape index (κ2) is 4.90. The van der Waals surface area contributed by atoms with Crippen LogP contribution in [0.1, 0.15) is 11.3 Å². The molecule has 3 rings (SSSR count). The summed E-state index contributed by atoms with van der Waals surface area (Å²) in [5.41, 5.74) is 1.70. The fourth-order valence-electron chi connectivity index (χ4n) is 2.00. The van der Waals surface area contributed by atoms with Crippen molar-refractivity contribution in [2.45, 2.75) is 0 Å². The molecule has 0 spiro atoms. The molecule has 1 N–H and O–H groups in total. The molecule has 0 saturated heterocycles. The number of H-pyrrole nitrogens is 1. The van der Waals surface area contributed by atoms with Crippen LogP contribution in [0.25, 0.3) is 22.9 Å². The lowest BCUT2D eigenvalue weighted by atomic mass is 10.1. The van der Waals surface area contributed by atoms with E-state index < -0.39 is 0 Å². The van der Waals surface area contributed by atoms with Gasteiger partial charge < -0.3 is 0 Å². The quantitative estimate of drug-likeness (QED) is 0.757. The summed E-state index contributed by atoms with van der Waals surface area (Å²) in [5.74, 6) is 0. The molecular formula is C16H12N2O. The van der Waals surface area contributed by atoms with Crippen LogP contribution in [0, 0.1) is 0 Å². The van der Waals surface area contributed by atoms with Gasteiger partial charge >= 0.3 is 0 Å². The molecule has 3 nitrogen and oxygen atoms in total. The summed E-state index contributed by atoms with van der Waals surface area (Å²) >= 11 is 0. The number of nitrogens with zero attached hydrogens (tertiary/aromatic N) is 1. The molecule has 0 aliphatic carbocycles. The molecule has 92 valence electrons. The number of hydrogen-bond donors (Lipinski definition) is 1. The summed E-state index contributed by atoms with van der Waals surface area (Å²) in [4.78, 5) is 11.7. The van der Waals surface area contributed by atoms with E-state index in [9.17, 15) is 4.79 Å². The molecule has 3 heteroatoms. The van der Waals surface area contributed by atoms with Gasteiger partial charge in [-0.05, 0) is 17.7 Å². The van der Waals surface area contributed by atoms with Crippen LogP contribution < -0.4 is 5.56 Å². The lowest BCUT2D eigenvalue weighted by molar-refractivity contribution is 1.00. The highest BCUT2D eigenvalue weighted by Gasteiger charge is 2.02. The molecular weight excluding hydrogens is 236 g/mol. The van der Waals surface area contributed by atoms with Gasteiger partial charge in [0.05, 0.1) is 11.1 Å².